The second-order valence-electron chi connectivity index (χ2n) is 6.46. The molecule has 5 nitrogen and oxygen atoms in total. The maximum atomic E-state index is 5.72. The van der Waals surface area contributed by atoms with Gasteiger partial charge in [0.2, 0.25) is 0 Å². The van der Waals surface area contributed by atoms with Crippen molar-refractivity contribution in [2.75, 3.05) is 39.5 Å². The predicted octanol–water partition coefficient (Wildman–Crippen LogP) is 3.57. The smallest absolute Gasteiger partial charge is 0.191 e. The molecule has 0 amide bonds. The molecule has 1 saturated heterocycles. The summed E-state index contributed by atoms with van der Waals surface area (Å²) in [4.78, 5) is 4.64. The van der Waals surface area contributed by atoms with Crippen molar-refractivity contribution in [1.29, 1.82) is 0 Å². The Labute approximate surface area is 165 Å². The number of unbranched alkanes of at least 4 members (excludes halogenated alkanes) is 2. The van der Waals surface area contributed by atoms with Gasteiger partial charge in [0.05, 0.1) is 13.2 Å². The Kier molecular flexibility index (Phi) is 16.3. The Morgan fingerprint density at radius 2 is 2.12 bits per heavy atom. The molecule has 144 valence electrons. The molecule has 0 aliphatic carbocycles. The fraction of sp³-hybridized carbons (Fsp3) is 0.944. The Morgan fingerprint density at radius 1 is 1.29 bits per heavy atom. The topological polar surface area (TPSA) is 54.9 Å². The molecule has 0 saturated carbocycles. The number of nitrogens with one attached hydrogen (secondary N) is 2. The van der Waals surface area contributed by atoms with E-state index in [0.29, 0.717) is 12.0 Å². The minimum absolute atomic E-state index is 0. The molecular weight excluding hydrogens is 417 g/mol. The van der Waals surface area contributed by atoms with Crippen LogP contribution in [0.3, 0.4) is 0 Å². The van der Waals surface area contributed by atoms with Gasteiger partial charge in [-0.2, -0.15) is 0 Å². The number of guanidine groups is 1. The quantitative estimate of drug-likeness (QED) is 0.205. The molecule has 24 heavy (non-hydrogen) atoms. The summed E-state index contributed by atoms with van der Waals surface area (Å²) in [6.07, 6.45) is 7.17. The van der Waals surface area contributed by atoms with Crippen LogP contribution in [-0.2, 0) is 9.47 Å². The van der Waals surface area contributed by atoms with Crippen LogP contribution in [0.15, 0.2) is 4.99 Å². The summed E-state index contributed by atoms with van der Waals surface area (Å²) in [5.74, 6) is 1.53. The number of aliphatic imine (C=N–C) groups is 1. The highest BCUT2D eigenvalue weighted by atomic mass is 127. The van der Waals surface area contributed by atoms with Gasteiger partial charge in [-0.1, -0.05) is 26.2 Å². The van der Waals surface area contributed by atoms with Gasteiger partial charge < -0.3 is 20.1 Å². The zero-order chi connectivity index (χ0) is 16.8. The van der Waals surface area contributed by atoms with Crippen molar-refractivity contribution in [1.82, 2.24) is 10.6 Å². The van der Waals surface area contributed by atoms with Gasteiger partial charge in [0.15, 0.2) is 5.96 Å². The van der Waals surface area contributed by atoms with Gasteiger partial charge in [0.25, 0.3) is 0 Å². The lowest BCUT2D eigenvalue weighted by Crippen LogP contribution is -2.42. The molecule has 2 N–H and O–H groups in total. The summed E-state index contributed by atoms with van der Waals surface area (Å²) in [6, 6.07) is 0.470. The lowest BCUT2D eigenvalue weighted by molar-refractivity contribution is 0.0893. The number of hydrogen-bond acceptors (Lipinski definition) is 3. The lowest BCUT2D eigenvalue weighted by atomic mass is 10.1. The first-order valence-corrected chi connectivity index (χ1v) is 9.46. The number of ether oxygens (including phenoxy) is 2. The van der Waals surface area contributed by atoms with E-state index in [2.05, 4.69) is 36.4 Å². The van der Waals surface area contributed by atoms with Gasteiger partial charge in [0, 0.05) is 38.3 Å². The summed E-state index contributed by atoms with van der Waals surface area (Å²) >= 11 is 0. The minimum Gasteiger partial charge on any atom is -0.381 e. The molecule has 1 aliphatic heterocycles. The molecule has 0 aromatic rings. The molecule has 0 aromatic carbocycles. The van der Waals surface area contributed by atoms with Crippen LogP contribution in [0, 0.1) is 5.92 Å². The standard InChI is InChI=1S/C18H37N3O2.HI/c1-4-6-7-9-16(3)21-18(19-5-2)20-11-8-12-22-14-17-10-13-23-15-17;/h16-17H,4-15H2,1-3H3,(H2,19,20,21);1H. The molecule has 0 bridgehead atoms. The predicted molar refractivity (Wildman–Crippen MR) is 112 cm³/mol. The second-order valence-corrected chi connectivity index (χ2v) is 6.46. The highest BCUT2D eigenvalue weighted by molar-refractivity contribution is 14.0. The van der Waals surface area contributed by atoms with Gasteiger partial charge >= 0.3 is 0 Å². The van der Waals surface area contributed by atoms with Gasteiger partial charge in [-0.05, 0) is 33.1 Å². The SMILES string of the molecule is CCCCCC(C)NC(=NCCCOCC1CCOC1)NCC.I. The van der Waals surface area contributed by atoms with Crippen molar-refractivity contribution < 1.29 is 9.47 Å². The first-order chi connectivity index (χ1) is 11.3. The van der Waals surface area contributed by atoms with Gasteiger partial charge in [-0.15, -0.1) is 24.0 Å². The summed E-state index contributed by atoms with van der Waals surface area (Å²) in [5.41, 5.74) is 0. The molecule has 1 rings (SSSR count). The van der Waals surface area contributed by atoms with E-state index in [-0.39, 0.29) is 24.0 Å². The van der Waals surface area contributed by atoms with Crippen LogP contribution in [0.4, 0.5) is 0 Å². The zero-order valence-electron chi connectivity index (χ0n) is 15.8. The molecule has 1 heterocycles. The fourth-order valence-electron chi connectivity index (χ4n) is 2.65. The fourth-order valence-corrected chi connectivity index (χ4v) is 2.65. The Morgan fingerprint density at radius 3 is 2.79 bits per heavy atom. The first-order valence-electron chi connectivity index (χ1n) is 9.46. The highest BCUT2D eigenvalue weighted by Gasteiger charge is 2.15. The summed E-state index contributed by atoms with van der Waals surface area (Å²) in [6.45, 7) is 11.6. The van der Waals surface area contributed by atoms with E-state index in [9.17, 15) is 0 Å². The monoisotopic (exact) mass is 455 g/mol. The third-order valence-corrected chi connectivity index (χ3v) is 4.06. The second kappa shape index (κ2) is 16.4. The number of halogens is 1. The van der Waals surface area contributed by atoms with Crippen LogP contribution in [0.1, 0.15) is 59.3 Å². The van der Waals surface area contributed by atoms with Crippen LogP contribution >= 0.6 is 24.0 Å². The maximum Gasteiger partial charge on any atom is 0.191 e. The molecule has 6 heteroatoms. The molecular formula is C18H38IN3O2. The van der Waals surface area contributed by atoms with Crippen LogP contribution in [0.25, 0.3) is 0 Å². The van der Waals surface area contributed by atoms with Crippen molar-refractivity contribution in [3.63, 3.8) is 0 Å². The van der Waals surface area contributed by atoms with E-state index in [1.54, 1.807) is 0 Å². The van der Waals surface area contributed by atoms with Crippen molar-refractivity contribution in [3.8, 4) is 0 Å². The Hall–Kier alpha value is -0.0800. The van der Waals surface area contributed by atoms with Crippen LogP contribution in [-0.4, -0.2) is 51.5 Å². The maximum absolute atomic E-state index is 5.72. The van der Waals surface area contributed by atoms with Crippen LogP contribution in [0.5, 0.6) is 0 Å². The Bertz CT molecular complexity index is 311. The van der Waals surface area contributed by atoms with E-state index in [1.165, 1.54) is 25.7 Å². The summed E-state index contributed by atoms with van der Waals surface area (Å²) in [7, 11) is 0. The number of hydrogen-bond donors (Lipinski definition) is 2. The van der Waals surface area contributed by atoms with E-state index in [4.69, 9.17) is 9.47 Å². The summed E-state index contributed by atoms with van der Waals surface area (Å²) in [5, 5.41) is 6.82. The van der Waals surface area contributed by atoms with E-state index < -0.39 is 0 Å². The van der Waals surface area contributed by atoms with Crippen LogP contribution < -0.4 is 10.6 Å². The molecule has 1 aliphatic rings. The molecule has 1 fully saturated rings. The van der Waals surface area contributed by atoms with Gasteiger partial charge in [-0.3, -0.25) is 4.99 Å². The third-order valence-electron chi connectivity index (χ3n) is 4.06. The van der Waals surface area contributed by atoms with E-state index in [1.807, 2.05) is 0 Å². The van der Waals surface area contributed by atoms with Gasteiger partial charge in [0.1, 0.15) is 0 Å². The summed E-state index contributed by atoms with van der Waals surface area (Å²) < 4.78 is 11.1. The zero-order valence-corrected chi connectivity index (χ0v) is 18.1. The highest BCUT2D eigenvalue weighted by Crippen LogP contribution is 2.12. The third kappa shape index (κ3) is 12.3. The largest absolute Gasteiger partial charge is 0.381 e. The van der Waals surface area contributed by atoms with E-state index >= 15 is 0 Å². The molecule has 0 aromatic heterocycles. The number of nitrogens with zero attached hydrogens (tertiary/aromatic N) is 1. The van der Waals surface area contributed by atoms with Crippen molar-refractivity contribution in [2.45, 2.75) is 65.3 Å². The molecule has 2 unspecified atom stereocenters. The first kappa shape index (κ1) is 23.9. The average Bonchev–Trinajstić information content (AvgIpc) is 3.04. The Balaban J connectivity index is 0.00000529. The average molecular weight is 455 g/mol. The van der Waals surface area contributed by atoms with Crippen molar-refractivity contribution in [3.05, 3.63) is 0 Å². The van der Waals surface area contributed by atoms with Crippen LogP contribution in [0.2, 0.25) is 0 Å². The van der Waals surface area contributed by atoms with E-state index in [0.717, 1.165) is 58.3 Å². The number of rotatable bonds is 12. The normalized spacial score (nSPS) is 19.0. The lowest BCUT2D eigenvalue weighted by Gasteiger charge is -2.17. The molecule has 0 spiro atoms. The molecule has 0 radical (unpaired) electrons. The minimum atomic E-state index is 0. The van der Waals surface area contributed by atoms with Crippen molar-refractivity contribution >= 4 is 29.9 Å². The van der Waals surface area contributed by atoms with Gasteiger partial charge in [-0.25, -0.2) is 0 Å². The molecule has 2 atom stereocenters. The van der Waals surface area contributed by atoms with Crippen molar-refractivity contribution in [2.24, 2.45) is 10.9 Å².